The summed E-state index contributed by atoms with van der Waals surface area (Å²) in [5, 5.41) is 9.16. The summed E-state index contributed by atoms with van der Waals surface area (Å²) in [7, 11) is 0. The van der Waals surface area contributed by atoms with Crippen LogP contribution in [0.25, 0.3) is 0 Å². The van der Waals surface area contributed by atoms with Gasteiger partial charge in [0.15, 0.2) is 10.9 Å². The highest BCUT2D eigenvalue weighted by Crippen LogP contribution is 2.38. The number of nitrogens with zero attached hydrogens (tertiary/aromatic N) is 4. The molecule has 4 rings (SSSR count). The van der Waals surface area contributed by atoms with Crippen molar-refractivity contribution in [2.75, 3.05) is 17.2 Å². The van der Waals surface area contributed by atoms with Crippen molar-refractivity contribution in [2.24, 2.45) is 0 Å². The summed E-state index contributed by atoms with van der Waals surface area (Å²) in [5.74, 6) is 1.41. The zero-order valence-corrected chi connectivity index (χ0v) is 15.0. The molecule has 2 aromatic rings. The maximum atomic E-state index is 12.6. The van der Waals surface area contributed by atoms with E-state index in [-0.39, 0.29) is 11.7 Å². The van der Waals surface area contributed by atoms with Crippen molar-refractivity contribution in [3.05, 3.63) is 35.7 Å². The van der Waals surface area contributed by atoms with E-state index in [1.807, 2.05) is 31.2 Å². The maximum Gasteiger partial charge on any atom is 0.227 e. The number of thioether (sulfide) groups is 1. The molecule has 1 amide bonds. The van der Waals surface area contributed by atoms with E-state index in [0.29, 0.717) is 23.8 Å². The van der Waals surface area contributed by atoms with Crippen LogP contribution in [0.4, 0.5) is 5.69 Å². The van der Waals surface area contributed by atoms with Gasteiger partial charge >= 0.3 is 0 Å². The van der Waals surface area contributed by atoms with Crippen molar-refractivity contribution in [2.45, 2.75) is 43.8 Å². The average Bonchev–Trinajstić information content (AvgIpc) is 3.25. The van der Waals surface area contributed by atoms with Crippen molar-refractivity contribution in [1.82, 2.24) is 14.8 Å². The van der Waals surface area contributed by atoms with E-state index >= 15 is 0 Å². The number of hydrogen-bond acceptors (Lipinski definition) is 5. The number of aryl methyl sites for hydroxylation is 1. The average molecular weight is 356 g/mol. The van der Waals surface area contributed by atoms with Gasteiger partial charge in [0.1, 0.15) is 5.82 Å². The summed E-state index contributed by atoms with van der Waals surface area (Å²) in [5.41, 5.74) is 1.45. The van der Waals surface area contributed by atoms with Crippen LogP contribution in [0.3, 0.4) is 0 Å². The molecule has 130 valence electrons. The molecule has 1 saturated heterocycles. The van der Waals surface area contributed by atoms with E-state index in [4.69, 9.17) is 0 Å². The summed E-state index contributed by atoms with van der Waals surface area (Å²) < 4.78 is 2.14. The Morgan fingerprint density at radius 2 is 2.16 bits per heavy atom. The fourth-order valence-electron chi connectivity index (χ4n) is 3.18. The van der Waals surface area contributed by atoms with Gasteiger partial charge in [-0.05, 0) is 38.3 Å². The zero-order chi connectivity index (χ0) is 17.4. The Morgan fingerprint density at radius 1 is 1.32 bits per heavy atom. The number of carbonyl (C=O) groups is 2. The lowest BCUT2D eigenvalue weighted by Crippen LogP contribution is -2.23. The first kappa shape index (κ1) is 16.3. The molecule has 1 aromatic heterocycles. The van der Waals surface area contributed by atoms with Gasteiger partial charge in [0.25, 0.3) is 0 Å². The predicted molar refractivity (Wildman–Crippen MR) is 96.1 cm³/mol. The minimum absolute atomic E-state index is 0.0431. The first-order valence-corrected chi connectivity index (χ1v) is 9.60. The van der Waals surface area contributed by atoms with Gasteiger partial charge in [0, 0.05) is 30.3 Å². The van der Waals surface area contributed by atoms with Crippen molar-refractivity contribution < 1.29 is 9.59 Å². The molecule has 2 aliphatic rings. The largest absolute Gasteiger partial charge is 0.312 e. The van der Waals surface area contributed by atoms with Crippen molar-refractivity contribution in [3.8, 4) is 0 Å². The second-order valence-electron chi connectivity index (χ2n) is 6.54. The normalized spacial score (nSPS) is 17.3. The van der Waals surface area contributed by atoms with Gasteiger partial charge in [-0.15, -0.1) is 10.2 Å². The lowest BCUT2D eigenvalue weighted by atomic mass is 10.1. The quantitative estimate of drug-likeness (QED) is 0.588. The number of Topliss-reactive ketones (excluding diaryl/α,β-unsaturated/α-hetero) is 1. The van der Waals surface area contributed by atoms with Crippen LogP contribution in [0.15, 0.2) is 29.4 Å². The Bertz CT molecular complexity index is 828. The van der Waals surface area contributed by atoms with Crippen LogP contribution in [0.5, 0.6) is 0 Å². The lowest BCUT2D eigenvalue weighted by Gasteiger charge is -2.16. The number of hydrogen-bond donors (Lipinski definition) is 0. The Balaban J connectivity index is 1.46. The molecular formula is C18H20N4O2S. The number of rotatable bonds is 6. The molecule has 2 heterocycles. The molecule has 0 bridgehead atoms. The molecule has 0 spiro atoms. The van der Waals surface area contributed by atoms with E-state index in [1.54, 1.807) is 4.90 Å². The van der Waals surface area contributed by atoms with Gasteiger partial charge in [-0.1, -0.05) is 23.9 Å². The van der Waals surface area contributed by atoms with Crippen LogP contribution in [0.1, 0.15) is 47.9 Å². The van der Waals surface area contributed by atoms with Gasteiger partial charge in [-0.2, -0.15) is 0 Å². The molecule has 0 radical (unpaired) electrons. The van der Waals surface area contributed by atoms with E-state index in [9.17, 15) is 9.59 Å². The summed E-state index contributed by atoms with van der Waals surface area (Å²) >= 11 is 1.44. The van der Waals surface area contributed by atoms with E-state index < -0.39 is 0 Å². The highest BCUT2D eigenvalue weighted by Gasteiger charge is 2.28. The topological polar surface area (TPSA) is 68.1 Å². The fraction of sp³-hybridized carbons (Fsp3) is 0.444. The Morgan fingerprint density at radius 3 is 2.88 bits per heavy atom. The minimum Gasteiger partial charge on any atom is -0.312 e. The number of ketones is 1. The first-order valence-electron chi connectivity index (χ1n) is 8.61. The smallest absolute Gasteiger partial charge is 0.227 e. The fourth-order valence-corrected chi connectivity index (χ4v) is 4.13. The van der Waals surface area contributed by atoms with Gasteiger partial charge in [-0.25, -0.2) is 0 Å². The number of benzene rings is 1. The van der Waals surface area contributed by atoms with E-state index in [2.05, 4.69) is 14.8 Å². The van der Waals surface area contributed by atoms with Gasteiger partial charge in [-0.3, -0.25) is 9.59 Å². The molecule has 1 aliphatic carbocycles. The molecule has 0 unspecified atom stereocenters. The molecule has 0 N–H and O–H groups in total. The minimum atomic E-state index is 0.0431. The summed E-state index contributed by atoms with van der Waals surface area (Å²) in [6, 6.07) is 7.86. The second-order valence-corrected chi connectivity index (χ2v) is 7.48. The van der Waals surface area contributed by atoms with Crippen LogP contribution in [-0.2, 0) is 4.79 Å². The zero-order valence-electron chi connectivity index (χ0n) is 14.1. The summed E-state index contributed by atoms with van der Waals surface area (Å²) in [4.78, 5) is 26.2. The number of amides is 1. The van der Waals surface area contributed by atoms with Crippen LogP contribution >= 0.6 is 11.8 Å². The van der Waals surface area contributed by atoms with E-state index in [1.165, 1.54) is 11.8 Å². The highest BCUT2D eigenvalue weighted by atomic mass is 32.2. The van der Waals surface area contributed by atoms with Crippen LogP contribution in [0.2, 0.25) is 0 Å². The second kappa shape index (κ2) is 6.63. The molecule has 1 saturated carbocycles. The lowest BCUT2D eigenvalue weighted by molar-refractivity contribution is -0.117. The first-order chi connectivity index (χ1) is 12.1. The van der Waals surface area contributed by atoms with Gasteiger partial charge in [0.05, 0.1) is 5.75 Å². The standard InChI is InChI=1S/C18H20N4O2S/c1-12-19-20-18(22(12)14-7-8-14)25-11-16(23)13-4-2-5-15(10-13)21-9-3-6-17(21)24/h2,4-5,10,14H,3,6-9,11H2,1H3. The molecule has 1 aliphatic heterocycles. The Labute approximate surface area is 150 Å². The van der Waals surface area contributed by atoms with Crippen LogP contribution in [0, 0.1) is 6.92 Å². The number of anilines is 1. The van der Waals surface area contributed by atoms with Crippen LogP contribution in [-0.4, -0.2) is 38.8 Å². The highest BCUT2D eigenvalue weighted by molar-refractivity contribution is 7.99. The molecule has 6 nitrogen and oxygen atoms in total. The Kier molecular flexibility index (Phi) is 4.33. The summed E-state index contributed by atoms with van der Waals surface area (Å²) in [6.45, 7) is 2.68. The van der Waals surface area contributed by atoms with Crippen molar-refractivity contribution >= 4 is 29.1 Å². The third-order valence-electron chi connectivity index (χ3n) is 4.63. The van der Waals surface area contributed by atoms with Gasteiger partial charge < -0.3 is 9.47 Å². The van der Waals surface area contributed by atoms with Gasteiger partial charge in [0.2, 0.25) is 5.91 Å². The number of aromatic nitrogens is 3. The Hall–Kier alpha value is -2.15. The van der Waals surface area contributed by atoms with Crippen molar-refractivity contribution in [1.29, 1.82) is 0 Å². The molecule has 7 heteroatoms. The number of carbonyl (C=O) groups excluding carboxylic acids is 2. The van der Waals surface area contributed by atoms with Crippen molar-refractivity contribution in [3.63, 3.8) is 0 Å². The SMILES string of the molecule is Cc1nnc(SCC(=O)c2cccc(N3CCCC3=O)c2)n1C1CC1. The molecular weight excluding hydrogens is 336 g/mol. The predicted octanol–water partition coefficient (Wildman–Crippen LogP) is 3.02. The summed E-state index contributed by atoms with van der Waals surface area (Å²) in [6.07, 6.45) is 3.78. The third kappa shape index (κ3) is 3.33. The molecule has 25 heavy (non-hydrogen) atoms. The maximum absolute atomic E-state index is 12.6. The monoisotopic (exact) mass is 356 g/mol. The van der Waals surface area contributed by atoms with Crippen LogP contribution < -0.4 is 4.90 Å². The molecule has 2 fully saturated rings. The third-order valence-corrected chi connectivity index (χ3v) is 5.58. The van der Waals surface area contributed by atoms with E-state index in [0.717, 1.165) is 42.5 Å². The molecule has 0 atom stereocenters. The molecule has 1 aromatic carbocycles.